The van der Waals surface area contributed by atoms with Gasteiger partial charge in [-0.25, -0.2) is 14.4 Å². The minimum Gasteiger partial charge on any atom is -0.261 e. The molecule has 2 aromatic carbocycles. The molecule has 98 valence electrons. The molecule has 1 aromatic heterocycles. The first-order chi connectivity index (χ1) is 9.84. The summed E-state index contributed by atoms with van der Waals surface area (Å²) in [5.41, 5.74) is 4.06. The SMILES string of the molecule is Fc1ccccc1/C=N/Nc1ncnc2ccccc12. The lowest BCUT2D eigenvalue weighted by Crippen LogP contribution is -1.96. The van der Waals surface area contributed by atoms with Gasteiger partial charge in [-0.15, -0.1) is 0 Å². The first kappa shape index (κ1) is 12.2. The lowest BCUT2D eigenvalue weighted by Gasteiger charge is -2.03. The van der Waals surface area contributed by atoms with Crippen molar-refractivity contribution in [3.05, 3.63) is 66.2 Å². The van der Waals surface area contributed by atoms with E-state index >= 15 is 0 Å². The van der Waals surface area contributed by atoms with Gasteiger partial charge in [-0.1, -0.05) is 30.3 Å². The second kappa shape index (κ2) is 5.44. The van der Waals surface area contributed by atoms with Gasteiger partial charge < -0.3 is 0 Å². The molecule has 0 bridgehead atoms. The maximum Gasteiger partial charge on any atom is 0.157 e. The Balaban J connectivity index is 1.86. The lowest BCUT2D eigenvalue weighted by molar-refractivity contribution is 0.626. The van der Waals surface area contributed by atoms with Gasteiger partial charge in [0.05, 0.1) is 11.7 Å². The van der Waals surface area contributed by atoms with Crippen LogP contribution in [-0.2, 0) is 0 Å². The van der Waals surface area contributed by atoms with Gasteiger partial charge in [0.15, 0.2) is 5.82 Å². The summed E-state index contributed by atoms with van der Waals surface area (Å²) in [5.74, 6) is 0.272. The summed E-state index contributed by atoms with van der Waals surface area (Å²) < 4.78 is 13.4. The average molecular weight is 266 g/mol. The van der Waals surface area contributed by atoms with Crippen molar-refractivity contribution >= 4 is 22.9 Å². The topological polar surface area (TPSA) is 50.2 Å². The van der Waals surface area contributed by atoms with E-state index in [1.807, 2.05) is 24.3 Å². The normalized spacial score (nSPS) is 11.1. The van der Waals surface area contributed by atoms with E-state index in [9.17, 15) is 4.39 Å². The van der Waals surface area contributed by atoms with Crippen molar-refractivity contribution in [3.8, 4) is 0 Å². The molecule has 0 saturated carbocycles. The number of aromatic nitrogens is 2. The van der Waals surface area contributed by atoms with E-state index in [0.717, 1.165) is 10.9 Å². The molecule has 0 aliphatic rings. The minimum atomic E-state index is -0.314. The van der Waals surface area contributed by atoms with E-state index in [4.69, 9.17) is 0 Å². The number of anilines is 1. The summed E-state index contributed by atoms with van der Waals surface area (Å²) in [6.07, 6.45) is 2.88. The molecule has 0 unspecified atom stereocenters. The predicted molar refractivity (Wildman–Crippen MR) is 77.2 cm³/mol. The number of hydrogen-bond donors (Lipinski definition) is 1. The maximum absolute atomic E-state index is 13.4. The van der Waals surface area contributed by atoms with Crippen LogP contribution in [0.15, 0.2) is 60.0 Å². The number of halogens is 1. The van der Waals surface area contributed by atoms with Crippen molar-refractivity contribution in [2.45, 2.75) is 0 Å². The van der Waals surface area contributed by atoms with Crippen molar-refractivity contribution in [2.24, 2.45) is 5.10 Å². The molecule has 20 heavy (non-hydrogen) atoms. The molecule has 4 nitrogen and oxygen atoms in total. The minimum absolute atomic E-state index is 0.314. The van der Waals surface area contributed by atoms with Gasteiger partial charge >= 0.3 is 0 Å². The Kier molecular flexibility index (Phi) is 3.33. The molecule has 3 rings (SSSR count). The summed E-state index contributed by atoms with van der Waals surface area (Å²) in [7, 11) is 0. The average Bonchev–Trinajstić information content (AvgIpc) is 2.49. The Hall–Kier alpha value is -2.82. The lowest BCUT2D eigenvalue weighted by atomic mass is 10.2. The fraction of sp³-hybridized carbons (Fsp3) is 0. The number of rotatable bonds is 3. The molecule has 0 aliphatic carbocycles. The van der Waals surface area contributed by atoms with E-state index < -0.39 is 0 Å². The van der Waals surface area contributed by atoms with Gasteiger partial charge in [0, 0.05) is 10.9 Å². The van der Waals surface area contributed by atoms with Crippen LogP contribution in [0.1, 0.15) is 5.56 Å². The second-order valence-electron chi connectivity index (χ2n) is 4.13. The molecule has 3 aromatic rings. The van der Waals surface area contributed by atoms with Crippen LogP contribution in [0.3, 0.4) is 0 Å². The highest BCUT2D eigenvalue weighted by Gasteiger charge is 2.01. The molecule has 0 spiro atoms. The van der Waals surface area contributed by atoms with Crippen molar-refractivity contribution in [3.63, 3.8) is 0 Å². The summed E-state index contributed by atoms with van der Waals surface area (Å²) >= 11 is 0. The molecule has 0 radical (unpaired) electrons. The standard InChI is InChI=1S/C15H11FN4/c16-13-7-3-1-5-11(13)9-19-20-15-12-6-2-4-8-14(12)17-10-18-15/h1-10H,(H,17,18,20)/b19-9+. The number of hydrazone groups is 1. The van der Waals surface area contributed by atoms with E-state index in [0.29, 0.717) is 11.4 Å². The van der Waals surface area contributed by atoms with Gasteiger partial charge in [-0.2, -0.15) is 5.10 Å². The Morgan fingerprint density at radius 3 is 2.70 bits per heavy atom. The molecule has 0 fully saturated rings. The summed E-state index contributed by atoms with van der Waals surface area (Å²) in [4.78, 5) is 8.29. The quantitative estimate of drug-likeness (QED) is 0.585. The highest BCUT2D eigenvalue weighted by atomic mass is 19.1. The number of nitrogens with one attached hydrogen (secondary N) is 1. The zero-order chi connectivity index (χ0) is 13.8. The summed E-state index contributed by atoms with van der Waals surface area (Å²) in [6, 6.07) is 14.0. The van der Waals surface area contributed by atoms with Crippen molar-refractivity contribution in [1.29, 1.82) is 0 Å². The molecular weight excluding hydrogens is 255 g/mol. The first-order valence-electron chi connectivity index (χ1n) is 6.08. The molecule has 1 N–H and O–H groups in total. The van der Waals surface area contributed by atoms with E-state index in [1.54, 1.807) is 18.2 Å². The second-order valence-corrected chi connectivity index (χ2v) is 4.13. The number of fused-ring (bicyclic) bond motifs is 1. The largest absolute Gasteiger partial charge is 0.261 e. The van der Waals surface area contributed by atoms with Gasteiger partial charge in [0.2, 0.25) is 0 Å². The fourth-order valence-corrected chi connectivity index (χ4v) is 1.84. The molecule has 0 amide bonds. The first-order valence-corrected chi connectivity index (χ1v) is 6.08. The molecular formula is C15H11FN4. The Bertz CT molecular complexity index is 765. The molecule has 5 heteroatoms. The molecule has 0 aliphatic heterocycles. The highest BCUT2D eigenvalue weighted by Crippen LogP contribution is 2.18. The third-order valence-corrected chi connectivity index (χ3v) is 2.82. The summed E-state index contributed by atoms with van der Waals surface area (Å²) in [5, 5.41) is 4.88. The van der Waals surface area contributed by atoms with Crippen LogP contribution < -0.4 is 5.43 Å². The summed E-state index contributed by atoms with van der Waals surface area (Å²) in [6.45, 7) is 0. The van der Waals surface area contributed by atoms with E-state index in [1.165, 1.54) is 18.6 Å². The fourth-order valence-electron chi connectivity index (χ4n) is 1.84. The van der Waals surface area contributed by atoms with Gasteiger partial charge in [0.1, 0.15) is 12.1 Å². The van der Waals surface area contributed by atoms with E-state index in [-0.39, 0.29) is 5.82 Å². The number of nitrogens with zero attached hydrogens (tertiary/aromatic N) is 3. The smallest absolute Gasteiger partial charge is 0.157 e. The molecule has 0 atom stereocenters. The number of para-hydroxylation sites is 1. The Morgan fingerprint density at radius 1 is 1.00 bits per heavy atom. The Labute approximate surface area is 115 Å². The molecule has 0 saturated heterocycles. The Morgan fingerprint density at radius 2 is 1.80 bits per heavy atom. The van der Waals surface area contributed by atoms with Crippen molar-refractivity contribution in [1.82, 2.24) is 9.97 Å². The van der Waals surface area contributed by atoms with Gasteiger partial charge in [-0.3, -0.25) is 5.43 Å². The highest BCUT2D eigenvalue weighted by molar-refractivity contribution is 5.89. The molecule has 1 heterocycles. The van der Waals surface area contributed by atoms with Crippen molar-refractivity contribution in [2.75, 3.05) is 5.43 Å². The monoisotopic (exact) mass is 266 g/mol. The van der Waals surface area contributed by atoms with Crippen LogP contribution in [0.25, 0.3) is 10.9 Å². The third kappa shape index (κ3) is 2.47. The van der Waals surface area contributed by atoms with Crippen LogP contribution in [0.5, 0.6) is 0 Å². The number of hydrogen-bond acceptors (Lipinski definition) is 4. The van der Waals surface area contributed by atoms with Crippen LogP contribution >= 0.6 is 0 Å². The van der Waals surface area contributed by atoms with Crippen LogP contribution in [0, 0.1) is 5.82 Å². The van der Waals surface area contributed by atoms with Crippen molar-refractivity contribution < 1.29 is 4.39 Å². The van der Waals surface area contributed by atoms with E-state index in [2.05, 4.69) is 20.5 Å². The zero-order valence-electron chi connectivity index (χ0n) is 10.5. The van der Waals surface area contributed by atoms with Crippen LogP contribution in [0.4, 0.5) is 10.2 Å². The number of benzene rings is 2. The third-order valence-electron chi connectivity index (χ3n) is 2.82. The van der Waals surface area contributed by atoms with Crippen LogP contribution in [-0.4, -0.2) is 16.2 Å². The van der Waals surface area contributed by atoms with Crippen LogP contribution in [0.2, 0.25) is 0 Å². The zero-order valence-corrected chi connectivity index (χ0v) is 10.5. The van der Waals surface area contributed by atoms with Gasteiger partial charge in [0.25, 0.3) is 0 Å². The maximum atomic E-state index is 13.4. The van der Waals surface area contributed by atoms with Gasteiger partial charge in [-0.05, 0) is 18.2 Å². The predicted octanol–water partition coefficient (Wildman–Crippen LogP) is 3.21.